The van der Waals surface area contributed by atoms with Crippen molar-refractivity contribution in [3.63, 3.8) is 0 Å². The van der Waals surface area contributed by atoms with E-state index in [0.717, 1.165) is 0 Å². The Morgan fingerprint density at radius 3 is 2.81 bits per heavy atom. The molecule has 1 aromatic heterocycles. The second kappa shape index (κ2) is 3.73. The fourth-order valence-corrected chi connectivity index (χ4v) is 1.43. The lowest BCUT2D eigenvalue weighted by Gasteiger charge is -2.04. The minimum absolute atomic E-state index is 0.174. The van der Waals surface area contributed by atoms with E-state index in [9.17, 15) is 9.18 Å². The first kappa shape index (κ1) is 10.3. The van der Waals surface area contributed by atoms with Crippen molar-refractivity contribution in [1.82, 2.24) is 15.0 Å². The zero-order chi connectivity index (χ0) is 11.7. The van der Waals surface area contributed by atoms with Crippen molar-refractivity contribution in [1.29, 1.82) is 0 Å². The largest absolute Gasteiger partial charge is 0.478 e. The van der Waals surface area contributed by atoms with Gasteiger partial charge in [0.25, 0.3) is 0 Å². The molecule has 2 aromatic rings. The third-order valence-corrected chi connectivity index (χ3v) is 2.22. The molecule has 0 amide bonds. The summed E-state index contributed by atoms with van der Waals surface area (Å²) in [5, 5.41) is 16.1. The zero-order valence-corrected chi connectivity index (χ0v) is 8.38. The van der Waals surface area contributed by atoms with Crippen LogP contribution in [0.4, 0.5) is 4.39 Å². The van der Waals surface area contributed by atoms with Gasteiger partial charge in [-0.3, -0.25) is 0 Å². The number of aryl methyl sites for hydroxylation is 1. The van der Waals surface area contributed by atoms with Gasteiger partial charge in [-0.1, -0.05) is 11.3 Å². The highest BCUT2D eigenvalue weighted by Gasteiger charge is 2.16. The number of aromatic nitrogens is 3. The second-order valence-corrected chi connectivity index (χ2v) is 3.22. The third-order valence-electron chi connectivity index (χ3n) is 2.22. The number of halogens is 1. The zero-order valence-electron chi connectivity index (χ0n) is 8.38. The van der Waals surface area contributed by atoms with Gasteiger partial charge in [0.05, 0.1) is 17.5 Å². The molecule has 0 fully saturated rings. The van der Waals surface area contributed by atoms with Gasteiger partial charge in [-0.2, -0.15) is 0 Å². The summed E-state index contributed by atoms with van der Waals surface area (Å²) in [6, 6.07) is 4.18. The molecule has 2 rings (SSSR count). The van der Waals surface area contributed by atoms with Gasteiger partial charge in [0.1, 0.15) is 5.82 Å². The summed E-state index contributed by atoms with van der Waals surface area (Å²) in [5.74, 6) is -2.07. The fourth-order valence-electron chi connectivity index (χ4n) is 1.43. The highest BCUT2D eigenvalue weighted by Crippen LogP contribution is 2.23. The average molecular weight is 221 g/mol. The molecule has 5 nitrogen and oxygen atoms in total. The molecule has 0 bridgehead atoms. The lowest BCUT2D eigenvalue weighted by atomic mass is 10.1. The number of carboxylic acids is 1. The summed E-state index contributed by atoms with van der Waals surface area (Å²) in [5.41, 5.74) is 0.242. The van der Waals surface area contributed by atoms with Gasteiger partial charge in [-0.05, 0) is 12.1 Å². The van der Waals surface area contributed by atoms with Crippen molar-refractivity contribution in [2.75, 3.05) is 0 Å². The van der Waals surface area contributed by atoms with Gasteiger partial charge < -0.3 is 5.11 Å². The molecule has 6 heteroatoms. The Morgan fingerprint density at radius 2 is 2.25 bits per heavy atom. The Morgan fingerprint density at radius 1 is 1.50 bits per heavy atom. The van der Waals surface area contributed by atoms with Crippen LogP contribution in [0.25, 0.3) is 11.3 Å². The van der Waals surface area contributed by atoms with E-state index in [4.69, 9.17) is 5.11 Å². The van der Waals surface area contributed by atoms with Crippen LogP contribution in [0.1, 0.15) is 10.4 Å². The van der Waals surface area contributed by atoms with Crippen LogP contribution in [0.5, 0.6) is 0 Å². The first-order valence-electron chi connectivity index (χ1n) is 4.48. The number of carboxylic acid groups (broad SMARTS) is 1. The minimum atomic E-state index is -1.30. The van der Waals surface area contributed by atoms with Crippen LogP contribution in [0.15, 0.2) is 24.4 Å². The highest BCUT2D eigenvalue weighted by molar-refractivity contribution is 5.89. The Labute approximate surface area is 90.1 Å². The van der Waals surface area contributed by atoms with Gasteiger partial charge in [-0.15, -0.1) is 5.10 Å². The quantitative estimate of drug-likeness (QED) is 0.830. The summed E-state index contributed by atoms with van der Waals surface area (Å²) in [6.07, 6.45) is 1.38. The Balaban J connectivity index is 2.63. The first-order valence-corrected chi connectivity index (χ1v) is 4.48. The summed E-state index contributed by atoms with van der Waals surface area (Å²) in [7, 11) is 1.61. The van der Waals surface area contributed by atoms with E-state index in [2.05, 4.69) is 10.3 Å². The molecule has 0 aliphatic carbocycles. The Kier molecular flexibility index (Phi) is 2.40. The minimum Gasteiger partial charge on any atom is -0.478 e. The van der Waals surface area contributed by atoms with Crippen LogP contribution in [0, 0.1) is 5.82 Å². The van der Waals surface area contributed by atoms with Crippen molar-refractivity contribution in [3.8, 4) is 11.3 Å². The second-order valence-electron chi connectivity index (χ2n) is 3.22. The monoisotopic (exact) mass is 221 g/mol. The lowest BCUT2D eigenvalue weighted by Crippen LogP contribution is -2.03. The van der Waals surface area contributed by atoms with Crippen molar-refractivity contribution in [2.24, 2.45) is 7.05 Å². The maximum Gasteiger partial charge on any atom is 0.338 e. The number of hydrogen-bond donors (Lipinski definition) is 1. The van der Waals surface area contributed by atoms with Crippen LogP contribution in [0.2, 0.25) is 0 Å². The predicted molar refractivity (Wildman–Crippen MR) is 53.4 cm³/mol. The molecule has 1 aromatic carbocycles. The molecular weight excluding hydrogens is 213 g/mol. The lowest BCUT2D eigenvalue weighted by molar-refractivity contribution is 0.0692. The fraction of sp³-hybridized carbons (Fsp3) is 0.100. The van der Waals surface area contributed by atoms with E-state index in [0.29, 0.717) is 5.69 Å². The van der Waals surface area contributed by atoms with Crippen molar-refractivity contribution >= 4 is 5.97 Å². The van der Waals surface area contributed by atoms with E-state index >= 15 is 0 Å². The average Bonchev–Trinajstić information content (AvgIpc) is 2.64. The van der Waals surface area contributed by atoms with Gasteiger partial charge in [0.15, 0.2) is 0 Å². The van der Waals surface area contributed by atoms with E-state index in [1.807, 2.05) is 0 Å². The molecule has 0 saturated heterocycles. The van der Waals surface area contributed by atoms with Crippen LogP contribution in [0.3, 0.4) is 0 Å². The van der Waals surface area contributed by atoms with Gasteiger partial charge in [0, 0.05) is 12.6 Å². The number of carbonyl (C=O) groups is 1. The molecule has 82 valence electrons. The Hall–Kier alpha value is -2.24. The van der Waals surface area contributed by atoms with E-state index in [1.165, 1.54) is 29.1 Å². The molecule has 16 heavy (non-hydrogen) atoms. The van der Waals surface area contributed by atoms with Crippen molar-refractivity contribution in [2.45, 2.75) is 0 Å². The molecule has 0 aliphatic heterocycles. The molecule has 0 saturated carbocycles. The molecule has 1 heterocycles. The highest BCUT2D eigenvalue weighted by atomic mass is 19.1. The summed E-state index contributed by atoms with van der Waals surface area (Å²) in [6.45, 7) is 0. The maximum absolute atomic E-state index is 13.8. The number of rotatable bonds is 2. The van der Waals surface area contributed by atoms with Crippen LogP contribution in [-0.4, -0.2) is 26.1 Å². The summed E-state index contributed by atoms with van der Waals surface area (Å²) < 4.78 is 15.2. The molecule has 0 aliphatic rings. The Bertz CT molecular complexity index is 551. The third kappa shape index (κ3) is 1.54. The topological polar surface area (TPSA) is 68.0 Å². The van der Waals surface area contributed by atoms with Gasteiger partial charge >= 0.3 is 5.97 Å². The number of hydrogen-bond acceptors (Lipinski definition) is 3. The molecular formula is C10H8FN3O2. The van der Waals surface area contributed by atoms with Gasteiger partial charge in [0.2, 0.25) is 0 Å². The number of benzene rings is 1. The summed E-state index contributed by atoms with van der Waals surface area (Å²) in [4.78, 5) is 10.8. The standard InChI is InChI=1S/C10H8FN3O2/c1-14-8(5-12-13-14)6-3-2-4-7(9(6)11)10(15)16/h2-5H,1H3,(H,15,16). The van der Waals surface area contributed by atoms with E-state index in [1.54, 1.807) is 7.05 Å². The first-order chi connectivity index (χ1) is 7.61. The molecule has 0 radical (unpaired) electrons. The van der Waals surface area contributed by atoms with Crippen LogP contribution >= 0.6 is 0 Å². The maximum atomic E-state index is 13.8. The number of nitrogens with zero attached hydrogens (tertiary/aromatic N) is 3. The van der Waals surface area contributed by atoms with Crippen molar-refractivity contribution in [3.05, 3.63) is 35.8 Å². The SMILES string of the molecule is Cn1nncc1-c1cccc(C(=O)O)c1F. The molecule has 0 unspecified atom stereocenters. The van der Waals surface area contributed by atoms with Gasteiger partial charge in [-0.25, -0.2) is 13.9 Å². The van der Waals surface area contributed by atoms with Crippen LogP contribution in [-0.2, 0) is 7.05 Å². The normalized spacial score (nSPS) is 10.4. The smallest absolute Gasteiger partial charge is 0.338 e. The number of aromatic carboxylic acids is 1. The predicted octanol–water partition coefficient (Wildman–Crippen LogP) is 1.32. The summed E-state index contributed by atoms with van der Waals surface area (Å²) >= 11 is 0. The van der Waals surface area contributed by atoms with Crippen LogP contribution < -0.4 is 0 Å². The van der Waals surface area contributed by atoms with E-state index in [-0.39, 0.29) is 11.1 Å². The van der Waals surface area contributed by atoms with E-state index < -0.39 is 11.8 Å². The molecule has 1 N–H and O–H groups in total. The van der Waals surface area contributed by atoms with Crippen molar-refractivity contribution < 1.29 is 14.3 Å². The molecule has 0 spiro atoms. The molecule has 0 atom stereocenters.